The van der Waals surface area contributed by atoms with Crippen molar-refractivity contribution in [3.05, 3.63) is 21.8 Å². The molecule has 1 aromatic rings. The topological polar surface area (TPSA) is 15.3 Å². The Bertz CT molecular complexity index is 301. The van der Waals surface area contributed by atoms with Crippen LogP contribution >= 0.6 is 18.6 Å². The first-order chi connectivity index (χ1) is 5.83. The van der Waals surface area contributed by atoms with E-state index in [2.05, 4.69) is 54.1 Å². The van der Waals surface area contributed by atoms with Gasteiger partial charge in [-0.15, -0.1) is 0 Å². The van der Waals surface area contributed by atoms with Crippen LogP contribution in [0.2, 0.25) is 0 Å². The fraction of sp³-hybridized carbons (Fsp3) is 0.250. The molecule has 66 valence electrons. The zero-order valence-electron chi connectivity index (χ0n) is 6.64. The van der Waals surface area contributed by atoms with Gasteiger partial charge in [0.15, 0.2) is 0 Å². The molecule has 0 fully saturated rings. The minimum absolute atomic E-state index is 0.166. The molecule has 12 heavy (non-hydrogen) atoms. The first kappa shape index (κ1) is 8.86. The third-order valence-electron chi connectivity index (χ3n) is 1.95. The molecule has 0 aliphatic carbocycles. The van der Waals surface area contributed by atoms with Crippen LogP contribution in [0.5, 0.6) is 0 Å². The second-order valence-electron chi connectivity index (χ2n) is 2.74. The van der Waals surface area contributed by atoms with Crippen molar-refractivity contribution in [2.45, 2.75) is 0 Å². The average Bonchev–Trinajstić information content (AvgIpc) is 2.48. The van der Waals surface area contributed by atoms with Gasteiger partial charge < -0.3 is 0 Å². The SMILES string of the molecule is CN1CNc2cccc([I-]I)c21. The summed E-state index contributed by atoms with van der Waals surface area (Å²) in [5, 5.41) is 3.36. The monoisotopic (exact) mass is 387 g/mol. The number of para-hydroxylation sites is 1. The van der Waals surface area contributed by atoms with E-state index in [0.29, 0.717) is 0 Å². The van der Waals surface area contributed by atoms with E-state index in [1.54, 1.807) is 0 Å². The van der Waals surface area contributed by atoms with Gasteiger partial charge in [-0.25, -0.2) is 0 Å². The molecular formula is C8H9I2N2-. The van der Waals surface area contributed by atoms with Crippen LogP contribution in [0.15, 0.2) is 18.2 Å². The van der Waals surface area contributed by atoms with Crippen LogP contribution in [0.4, 0.5) is 11.4 Å². The van der Waals surface area contributed by atoms with Crippen LogP contribution in [0.25, 0.3) is 0 Å². The number of hydrogen-bond donors (Lipinski definition) is 1. The van der Waals surface area contributed by atoms with E-state index in [1.165, 1.54) is 14.9 Å². The van der Waals surface area contributed by atoms with Gasteiger partial charge in [-0.05, 0) is 0 Å². The van der Waals surface area contributed by atoms with Gasteiger partial charge in [-0.1, -0.05) is 0 Å². The third-order valence-corrected chi connectivity index (χ3v) is 6.21. The Morgan fingerprint density at radius 1 is 1.58 bits per heavy atom. The molecule has 0 aromatic heterocycles. The summed E-state index contributed by atoms with van der Waals surface area (Å²) in [6.07, 6.45) is 0. The number of benzene rings is 1. The molecule has 1 aromatic carbocycles. The van der Waals surface area contributed by atoms with Crippen molar-refractivity contribution in [2.24, 2.45) is 0 Å². The van der Waals surface area contributed by atoms with Crippen LogP contribution in [0.1, 0.15) is 0 Å². The van der Waals surface area contributed by atoms with E-state index in [1.807, 2.05) is 0 Å². The van der Waals surface area contributed by atoms with E-state index in [-0.39, 0.29) is 17.2 Å². The fourth-order valence-electron chi connectivity index (χ4n) is 1.39. The average molecular weight is 387 g/mol. The van der Waals surface area contributed by atoms with Crippen molar-refractivity contribution in [1.82, 2.24) is 0 Å². The fourth-order valence-corrected chi connectivity index (χ4v) is 4.83. The van der Waals surface area contributed by atoms with Crippen LogP contribution in [0.3, 0.4) is 0 Å². The summed E-state index contributed by atoms with van der Waals surface area (Å²) in [6, 6.07) is 6.53. The Kier molecular flexibility index (Phi) is 2.63. The van der Waals surface area contributed by atoms with Gasteiger partial charge in [0.2, 0.25) is 0 Å². The van der Waals surface area contributed by atoms with Crippen molar-refractivity contribution >= 4 is 30.0 Å². The molecule has 0 unspecified atom stereocenters. The summed E-state index contributed by atoms with van der Waals surface area (Å²) in [6.45, 7) is 0.951. The summed E-state index contributed by atoms with van der Waals surface area (Å²) in [5.41, 5.74) is 2.71. The normalized spacial score (nSPS) is 14.7. The molecule has 0 saturated carbocycles. The summed E-state index contributed by atoms with van der Waals surface area (Å²) in [7, 11) is 2.14. The third kappa shape index (κ3) is 1.39. The molecule has 1 N–H and O–H groups in total. The number of fused-ring (bicyclic) bond motifs is 1. The first-order valence-electron chi connectivity index (χ1n) is 3.67. The number of halogens is 2. The number of nitrogens with one attached hydrogen (secondary N) is 1. The maximum absolute atomic E-state index is 3.36. The quantitative estimate of drug-likeness (QED) is 0.630. The van der Waals surface area contributed by atoms with Gasteiger partial charge in [-0.2, -0.15) is 0 Å². The Hall–Kier alpha value is 0.280. The molecule has 0 amide bonds. The van der Waals surface area contributed by atoms with Gasteiger partial charge in [0.25, 0.3) is 0 Å². The maximum atomic E-state index is 3.36. The van der Waals surface area contributed by atoms with E-state index in [9.17, 15) is 0 Å². The van der Waals surface area contributed by atoms with Gasteiger partial charge >= 0.3 is 92.9 Å². The molecule has 1 aliphatic heterocycles. The van der Waals surface area contributed by atoms with E-state index < -0.39 is 0 Å². The van der Waals surface area contributed by atoms with Crippen LogP contribution in [-0.4, -0.2) is 13.7 Å². The molecule has 0 atom stereocenters. The molecule has 1 heterocycles. The molecule has 0 saturated heterocycles. The van der Waals surface area contributed by atoms with Gasteiger partial charge in [0, 0.05) is 0 Å². The van der Waals surface area contributed by atoms with Crippen LogP contribution < -0.4 is 27.4 Å². The zero-order chi connectivity index (χ0) is 8.55. The Morgan fingerprint density at radius 3 is 3.17 bits per heavy atom. The van der Waals surface area contributed by atoms with E-state index >= 15 is 0 Å². The second-order valence-corrected chi connectivity index (χ2v) is 7.05. The summed E-state index contributed by atoms with van der Waals surface area (Å²) in [4.78, 5) is 2.28. The molecular weight excluding hydrogens is 378 g/mol. The number of rotatable bonds is 1. The standard InChI is InChI=1S/C8H9I2N2/c1-12-5-11-7-4-2-3-6(10-9)8(7)12/h2-4,11H,5H2,1H3/q-1. The molecule has 1 aliphatic rings. The van der Waals surface area contributed by atoms with Crippen molar-refractivity contribution in [3.63, 3.8) is 0 Å². The van der Waals surface area contributed by atoms with E-state index in [0.717, 1.165) is 6.67 Å². The number of hydrogen-bond acceptors (Lipinski definition) is 2. The molecule has 2 nitrogen and oxygen atoms in total. The predicted molar refractivity (Wildman–Crippen MR) is 56.1 cm³/mol. The Morgan fingerprint density at radius 2 is 2.42 bits per heavy atom. The summed E-state index contributed by atoms with van der Waals surface area (Å²) >= 11 is 2.68. The van der Waals surface area contributed by atoms with Crippen LogP contribution in [-0.2, 0) is 0 Å². The molecule has 0 bridgehead atoms. The zero-order valence-corrected chi connectivity index (χ0v) is 11.0. The molecule has 0 spiro atoms. The minimum atomic E-state index is 0.166. The van der Waals surface area contributed by atoms with Gasteiger partial charge in [-0.3, -0.25) is 0 Å². The van der Waals surface area contributed by atoms with Crippen molar-refractivity contribution in [3.8, 4) is 0 Å². The molecule has 4 heteroatoms. The first-order valence-corrected chi connectivity index (χ1v) is 11.0. The van der Waals surface area contributed by atoms with Crippen molar-refractivity contribution < 1.29 is 17.2 Å². The van der Waals surface area contributed by atoms with Gasteiger partial charge in [0.1, 0.15) is 0 Å². The molecule has 0 radical (unpaired) electrons. The Labute approximate surface area is 92.1 Å². The molecule has 2 rings (SSSR count). The number of anilines is 2. The Balaban J connectivity index is 2.53. The predicted octanol–water partition coefficient (Wildman–Crippen LogP) is -0.886. The van der Waals surface area contributed by atoms with Crippen LogP contribution in [0, 0.1) is 3.57 Å². The van der Waals surface area contributed by atoms with Crippen molar-refractivity contribution in [1.29, 1.82) is 0 Å². The summed E-state index contributed by atoms with van der Waals surface area (Å²) in [5.74, 6) is 0. The van der Waals surface area contributed by atoms with E-state index in [4.69, 9.17) is 0 Å². The summed E-state index contributed by atoms with van der Waals surface area (Å²) < 4.78 is 1.53. The number of nitrogens with zero attached hydrogens (tertiary/aromatic N) is 1. The second kappa shape index (κ2) is 3.57. The van der Waals surface area contributed by atoms with Gasteiger partial charge in [0.05, 0.1) is 0 Å². The van der Waals surface area contributed by atoms with Crippen molar-refractivity contribution in [2.75, 3.05) is 23.9 Å².